The average molecular weight is 429 g/mol. The van der Waals surface area contributed by atoms with Gasteiger partial charge in [0.1, 0.15) is 17.2 Å². The molecule has 0 radical (unpaired) electrons. The Morgan fingerprint density at radius 2 is 1.91 bits per heavy atom. The Bertz CT molecular complexity index is 1380. The molecule has 0 bridgehead atoms. The Labute approximate surface area is 182 Å². The van der Waals surface area contributed by atoms with E-state index in [1.54, 1.807) is 22.8 Å². The number of benzene rings is 1. The molecule has 0 spiro atoms. The molecule has 9 heteroatoms. The molecule has 4 aromatic heterocycles. The van der Waals surface area contributed by atoms with E-state index < -0.39 is 0 Å². The number of amides is 1. The van der Waals surface area contributed by atoms with E-state index in [1.807, 2.05) is 41.1 Å². The molecule has 0 aliphatic rings. The Kier molecular flexibility index (Phi) is 5.29. The molecule has 0 atom stereocenters. The van der Waals surface area contributed by atoms with Crippen LogP contribution in [0.5, 0.6) is 0 Å². The first-order valence-corrected chi connectivity index (χ1v) is 10.3. The zero-order valence-electron chi connectivity index (χ0n) is 17.1. The number of hydrogen-bond donors (Lipinski definition) is 1. The van der Waals surface area contributed by atoms with Gasteiger partial charge in [-0.15, -0.1) is 10.2 Å². The molecule has 0 aliphatic heterocycles. The zero-order chi connectivity index (χ0) is 21.9. The van der Waals surface area contributed by atoms with E-state index in [-0.39, 0.29) is 11.7 Å². The first-order chi connectivity index (χ1) is 15.7. The van der Waals surface area contributed by atoms with Crippen LogP contribution in [0.15, 0.2) is 67.1 Å². The topological polar surface area (TPSA) is 89.5 Å². The summed E-state index contributed by atoms with van der Waals surface area (Å²) in [5.74, 6) is 0.372. The minimum Gasteiger partial charge on any atom is -0.356 e. The number of nitrogens with one attached hydrogen (secondary N) is 1. The Morgan fingerprint density at radius 3 is 2.72 bits per heavy atom. The third-order valence-corrected chi connectivity index (χ3v) is 5.23. The van der Waals surface area contributed by atoms with Crippen LogP contribution in [0, 0.1) is 5.82 Å². The second kappa shape index (κ2) is 8.54. The van der Waals surface area contributed by atoms with Gasteiger partial charge in [-0.2, -0.15) is 5.10 Å². The van der Waals surface area contributed by atoms with Crippen molar-refractivity contribution in [1.29, 1.82) is 0 Å². The minimum atomic E-state index is -0.289. The fraction of sp³-hybridized carbons (Fsp3) is 0.174. The number of aromatic nitrogens is 6. The Morgan fingerprint density at radius 1 is 1.03 bits per heavy atom. The molecule has 1 N–H and O–H groups in total. The van der Waals surface area contributed by atoms with Crippen molar-refractivity contribution >= 4 is 17.1 Å². The van der Waals surface area contributed by atoms with E-state index in [4.69, 9.17) is 0 Å². The van der Waals surface area contributed by atoms with E-state index in [0.717, 1.165) is 22.5 Å². The van der Waals surface area contributed by atoms with E-state index in [2.05, 4.69) is 25.6 Å². The molecule has 0 unspecified atom stereocenters. The SMILES string of the molecule is O=C(CCc1nnc2c3cc(-c4ccc(F)cc4)nn3ccn12)NCCc1ccccn1. The summed E-state index contributed by atoms with van der Waals surface area (Å²) in [4.78, 5) is 16.5. The maximum Gasteiger partial charge on any atom is 0.220 e. The molecule has 5 aromatic rings. The second-order valence-corrected chi connectivity index (χ2v) is 7.40. The Balaban J connectivity index is 1.27. The summed E-state index contributed by atoms with van der Waals surface area (Å²) in [5, 5.41) is 16.0. The van der Waals surface area contributed by atoms with Gasteiger partial charge in [0.15, 0.2) is 5.65 Å². The van der Waals surface area contributed by atoms with Crippen molar-refractivity contribution in [1.82, 2.24) is 34.5 Å². The summed E-state index contributed by atoms with van der Waals surface area (Å²) in [6, 6.07) is 13.8. The normalized spacial score (nSPS) is 11.3. The number of pyridine rings is 1. The van der Waals surface area contributed by atoms with Gasteiger partial charge >= 0.3 is 0 Å². The third kappa shape index (κ3) is 4.04. The molecule has 1 amide bonds. The molecule has 0 saturated heterocycles. The van der Waals surface area contributed by atoms with Crippen LogP contribution in [0.2, 0.25) is 0 Å². The standard InChI is InChI=1S/C23H20FN7O/c24-17-6-4-16(5-7-17)19-15-20-23-28-27-21(30(23)13-14-31(20)29-19)8-9-22(32)26-12-10-18-3-1-2-11-25-18/h1-7,11,13-15H,8-10,12H2,(H,26,32). The highest BCUT2D eigenvalue weighted by Crippen LogP contribution is 2.22. The maximum atomic E-state index is 13.2. The molecular weight excluding hydrogens is 409 g/mol. The van der Waals surface area contributed by atoms with Crippen LogP contribution in [0.1, 0.15) is 17.9 Å². The van der Waals surface area contributed by atoms with Gasteiger partial charge in [0, 0.05) is 55.7 Å². The first-order valence-electron chi connectivity index (χ1n) is 10.3. The molecule has 8 nitrogen and oxygen atoms in total. The maximum absolute atomic E-state index is 13.2. The van der Waals surface area contributed by atoms with Crippen LogP contribution < -0.4 is 5.32 Å². The van der Waals surface area contributed by atoms with Crippen LogP contribution >= 0.6 is 0 Å². The lowest BCUT2D eigenvalue weighted by molar-refractivity contribution is -0.121. The highest BCUT2D eigenvalue weighted by molar-refractivity contribution is 5.77. The number of carbonyl (C=O) groups is 1. The third-order valence-electron chi connectivity index (χ3n) is 5.23. The van der Waals surface area contributed by atoms with Crippen LogP contribution in [-0.4, -0.2) is 41.6 Å². The predicted octanol–water partition coefficient (Wildman–Crippen LogP) is 2.87. The summed E-state index contributed by atoms with van der Waals surface area (Å²) in [7, 11) is 0. The summed E-state index contributed by atoms with van der Waals surface area (Å²) in [6.45, 7) is 0.541. The van der Waals surface area contributed by atoms with Crippen molar-refractivity contribution in [2.45, 2.75) is 19.3 Å². The summed E-state index contributed by atoms with van der Waals surface area (Å²) < 4.78 is 16.8. The van der Waals surface area contributed by atoms with Gasteiger partial charge in [-0.05, 0) is 42.5 Å². The van der Waals surface area contributed by atoms with Crippen molar-refractivity contribution in [3.05, 3.63) is 84.5 Å². The Hall–Kier alpha value is -4.14. The smallest absolute Gasteiger partial charge is 0.220 e. The van der Waals surface area contributed by atoms with Gasteiger partial charge < -0.3 is 5.32 Å². The molecule has 1 aromatic carbocycles. The summed E-state index contributed by atoms with van der Waals surface area (Å²) >= 11 is 0. The lowest BCUT2D eigenvalue weighted by Gasteiger charge is -2.05. The molecule has 160 valence electrons. The van der Waals surface area contributed by atoms with Gasteiger partial charge in [0.05, 0.1) is 5.69 Å². The number of rotatable bonds is 7. The van der Waals surface area contributed by atoms with Crippen molar-refractivity contribution in [2.24, 2.45) is 0 Å². The molecular formula is C23H20FN7O. The summed E-state index contributed by atoms with van der Waals surface area (Å²) in [6.07, 6.45) is 6.86. The number of fused-ring (bicyclic) bond motifs is 3. The number of carbonyl (C=O) groups excluding carboxylic acids is 1. The van der Waals surface area contributed by atoms with Gasteiger partial charge in [-0.1, -0.05) is 6.07 Å². The molecule has 0 aliphatic carbocycles. The van der Waals surface area contributed by atoms with Gasteiger partial charge in [0.2, 0.25) is 5.91 Å². The summed E-state index contributed by atoms with van der Waals surface area (Å²) in [5.41, 5.74) is 3.91. The monoisotopic (exact) mass is 429 g/mol. The number of halogens is 1. The van der Waals surface area contributed by atoms with Crippen LogP contribution in [0.3, 0.4) is 0 Å². The highest BCUT2D eigenvalue weighted by atomic mass is 19.1. The van der Waals surface area contributed by atoms with Crippen molar-refractivity contribution < 1.29 is 9.18 Å². The quantitative estimate of drug-likeness (QED) is 0.430. The average Bonchev–Trinajstić information content (AvgIpc) is 3.43. The van der Waals surface area contributed by atoms with Crippen LogP contribution in [0.25, 0.3) is 22.4 Å². The van der Waals surface area contributed by atoms with Gasteiger partial charge in [-0.3, -0.25) is 14.2 Å². The van der Waals surface area contributed by atoms with Crippen molar-refractivity contribution in [2.75, 3.05) is 6.54 Å². The molecule has 32 heavy (non-hydrogen) atoms. The van der Waals surface area contributed by atoms with Crippen LogP contribution in [0.4, 0.5) is 4.39 Å². The van der Waals surface area contributed by atoms with Gasteiger partial charge in [0.25, 0.3) is 0 Å². The second-order valence-electron chi connectivity index (χ2n) is 7.40. The molecule has 4 heterocycles. The van der Waals surface area contributed by atoms with Crippen molar-refractivity contribution in [3.63, 3.8) is 0 Å². The molecule has 5 rings (SSSR count). The first kappa shape index (κ1) is 19.8. The predicted molar refractivity (Wildman–Crippen MR) is 116 cm³/mol. The number of aryl methyl sites for hydroxylation is 1. The highest BCUT2D eigenvalue weighted by Gasteiger charge is 2.13. The van der Waals surface area contributed by atoms with Gasteiger partial charge in [-0.25, -0.2) is 8.91 Å². The number of hydrogen-bond acceptors (Lipinski definition) is 5. The van der Waals surface area contributed by atoms with Crippen molar-refractivity contribution in [3.8, 4) is 11.3 Å². The fourth-order valence-electron chi connectivity index (χ4n) is 3.58. The van der Waals surface area contributed by atoms with E-state index in [0.29, 0.717) is 37.3 Å². The minimum absolute atomic E-state index is 0.0401. The van der Waals surface area contributed by atoms with E-state index in [9.17, 15) is 9.18 Å². The lowest BCUT2D eigenvalue weighted by Crippen LogP contribution is -2.26. The fourth-order valence-corrected chi connectivity index (χ4v) is 3.58. The molecule has 0 saturated carbocycles. The largest absolute Gasteiger partial charge is 0.356 e. The zero-order valence-corrected chi connectivity index (χ0v) is 17.1. The molecule has 0 fully saturated rings. The van der Waals surface area contributed by atoms with E-state index in [1.165, 1.54) is 12.1 Å². The van der Waals surface area contributed by atoms with Crippen LogP contribution in [-0.2, 0) is 17.6 Å². The number of nitrogens with zero attached hydrogens (tertiary/aromatic N) is 6. The van der Waals surface area contributed by atoms with E-state index >= 15 is 0 Å². The lowest BCUT2D eigenvalue weighted by atomic mass is 10.1.